The lowest BCUT2D eigenvalue weighted by Crippen LogP contribution is -3.00. The number of halogens is 4. The van der Waals surface area contributed by atoms with E-state index in [2.05, 4.69) is 47.7 Å². The Morgan fingerprint density at radius 2 is 1.58 bits per heavy atom. The maximum atomic E-state index is 6.58. The summed E-state index contributed by atoms with van der Waals surface area (Å²) in [6.45, 7) is 7.75. The zero-order chi connectivity index (χ0) is 21.3. The molecule has 0 spiro atoms. The first kappa shape index (κ1) is 24.5. The van der Waals surface area contributed by atoms with E-state index < -0.39 is 0 Å². The zero-order valence-electron chi connectivity index (χ0n) is 17.9. The van der Waals surface area contributed by atoms with Crippen molar-refractivity contribution in [2.45, 2.75) is 45.2 Å². The Labute approximate surface area is 206 Å². The number of hydrogen-bond donors (Lipinski definition) is 0. The minimum Gasteiger partial charge on any atom is -1.00 e. The van der Waals surface area contributed by atoms with Gasteiger partial charge in [-0.05, 0) is 49.1 Å². The van der Waals surface area contributed by atoms with Gasteiger partial charge in [-0.3, -0.25) is 0 Å². The Balaban J connectivity index is 0.00000272. The number of hydrogen-bond acceptors (Lipinski definition) is 1. The third-order valence-corrected chi connectivity index (χ3v) is 7.54. The summed E-state index contributed by atoms with van der Waals surface area (Å²) in [5, 5.41) is 2.26. The molecule has 1 saturated heterocycles. The van der Waals surface area contributed by atoms with Crippen LogP contribution in [0.4, 0.5) is 0 Å². The maximum Gasteiger partial charge on any atom is 0.168 e. The van der Waals surface area contributed by atoms with E-state index in [9.17, 15) is 0 Å². The van der Waals surface area contributed by atoms with Crippen LogP contribution in [0.15, 0.2) is 54.2 Å². The van der Waals surface area contributed by atoms with Crippen molar-refractivity contribution in [1.82, 2.24) is 4.90 Å². The summed E-state index contributed by atoms with van der Waals surface area (Å²) in [7, 11) is 0. The third-order valence-electron chi connectivity index (χ3n) is 6.58. The van der Waals surface area contributed by atoms with Crippen molar-refractivity contribution in [3.05, 3.63) is 80.4 Å². The van der Waals surface area contributed by atoms with E-state index in [1.165, 1.54) is 24.1 Å². The Morgan fingerprint density at radius 3 is 2.19 bits per heavy atom. The molecule has 4 rings (SSSR count). The average Bonchev–Trinajstić information content (AvgIpc) is 3.23. The molecule has 1 unspecified atom stereocenters. The summed E-state index contributed by atoms with van der Waals surface area (Å²) in [4.78, 5) is 2.55. The molecule has 31 heavy (non-hydrogen) atoms. The van der Waals surface area contributed by atoms with Crippen LogP contribution in [0.5, 0.6) is 0 Å². The highest BCUT2D eigenvalue weighted by atomic mass is 35.5. The summed E-state index contributed by atoms with van der Waals surface area (Å²) in [6, 6.07) is 13.9. The second-order valence-corrected chi connectivity index (χ2v) is 10.1. The second-order valence-electron chi connectivity index (χ2n) is 8.80. The summed E-state index contributed by atoms with van der Waals surface area (Å²) in [5.41, 5.74) is 3.59. The van der Waals surface area contributed by atoms with Crippen molar-refractivity contribution in [3.8, 4) is 0 Å². The van der Waals surface area contributed by atoms with Gasteiger partial charge < -0.3 is 17.3 Å². The van der Waals surface area contributed by atoms with Crippen LogP contribution in [0.2, 0.25) is 15.1 Å². The highest BCUT2D eigenvalue weighted by Gasteiger charge is 2.46. The first-order valence-corrected chi connectivity index (χ1v) is 11.7. The van der Waals surface area contributed by atoms with E-state index in [4.69, 9.17) is 34.8 Å². The topological polar surface area (TPSA) is 6.25 Å². The van der Waals surface area contributed by atoms with E-state index in [1.807, 2.05) is 30.3 Å². The van der Waals surface area contributed by atoms with Gasteiger partial charge in [0.25, 0.3) is 0 Å². The fourth-order valence-electron chi connectivity index (χ4n) is 4.67. The Bertz CT molecular complexity index is 953. The van der Waals surface area contributed by atoms with Crippen molar-refractivity contribution in [2.24, 2.45) is 5.92 Å². The first-order chi connectivity index (χ1) is 14.4. The van der Waals surface area contributed by atoms with E-state index in [0.717, 1.165) is 46.7 Å². The SMILES string of the molecule is CC1(C)C(Cc2c(Cl)cccc2Cl)C(N2CCCC2)=CC=[N+]1Cc1ccc(Cl)cc1.[Cl-]. The molecule has 0 bridgehead atoms. The Kier molecular flexibility index (Phi) is 8.02. The molecule has 2 aromatic carbocycles. The van der Waals surface area contributed by atoms with Crippen LogP contribution in [0, 0.1) is 5.92 Å². The van der Waals surface area contributed by atoms with Gasteiger partial charge in [-0.2, -0.15) is 0 Å². The highest BCUT2D eigenvalue weighted by Crippen LogP contribution is 2.39. The van der Waals surface area contributed by atoms with Crippen molar-refractivity contribution in [3.63, 3.8) is 0 Å². The van der Waals surface area contributed by atoms with Crippen LogP contribution in [0.25, 0.3) is 0 Å². The number of benzene rings is 2. The molecule has 2 aromatic rings. The molecule has 2 aliphatic rings. The minimum absolute atomic E-state index is 0. The van der Waals surface area contributed by atoms with Crippen LogP contribution < -0.4 is 12.4 Å². The number of likely N-dealkylation sites (tertiary alicyclic amines) is 1. The van der Waals surface area contributed by atoms with Crippen molar-refractivity contribution in [1.29, 1.82) is 0 Å². The van der Waals surface area contributed by atoms with E-state index >= 15 is 0 Å². The standard InChI is InChI=1S/C25H28Cl3N2.ClH/c1-25(2)21(16-20-22(27)6-5-7-23(20)28)24(29-13-3-4-14-29)12-15-30(25)17-18-8-10-19(26)11-9-18;/h5-12,15,21H,3-4,13-14,16-17H2,1-2H3;1H/q+1;/p-1. The molecule has 166 valence electrons. The quantitative estimate of drug-likeness (QED) is 0.568. The Hall–Kier alpha value is -1.19. The van der Waals surface area contributed by atoms with Gasteiger partial charge in [0.15, 0.2) is 18.3 Å². The van der Waals surface area contributed by atoms with E-state index in [1.54, 1.807) is 0 Å². The van der Waals surface area contributed by atoms with Crippen LogP contribution in [0.1, 0.15) is 37.8 Å². The summed E-state index contributed by atoms with van der Waals surface area (Å²) in [5.74, 6) is 0.283. The summed E-state index contributed by atoms with van der Waals surface area (Å²) < 4.78 is 2.44. The molecule has 0 aromatic heterocycles. The van der Waals surface area contributed by atoms with Crippen molar-refractivity contribution < 1.29 is 17.0 Å². The van der Waals surface area contributed by atoms with Crippen LogP contribution in [0.3, 0.4) is 0 Å². The predicted octanol–water partition coefficient (Wildman–Crippen LogP) is 3.86. The molecule has 2 heterocycles. The lowest BCUT2D eigenvalue weighted by atomic mass is 9.77. The van der Waals surface area contributed by atoms with E-state index in [-0.39, 0.29) is 23.9 Å². The monoisotopic (exact) mass is 496 g/mol. The molecule has 1 fully saturated rings. The number of allylic oxidation sites excluding steroid dienone is 1. The van der Waals surface area contributed by atoms with Gasteiger partial charge in [0, 0.05) is 59.3 Å². The van der Waals surface area contributed by atoms with Gasteiger partial charge in [-0.15, -0.1) is 0 Å². The highest BCUT2D eigenvalue weighted by molar-refractivity contribution is 6.36. The average molecular weight is 498 g/mol. The molecule has 0 N–H and O–H groups in total. The molecule has 0 amide bonds. The number of rotatable bonds is 5. The molecule has 0 aliphatic carbocycles. The van der Waals surface area contributed by atoms with Gasteiger partial charge in [0.05, 0.1) is 5.92 Å². The van der Waals surface area contributed by atoms with Gasteiger partial charge in [-0.1, -0.05) is 53.0 Å². The fraction of sp³-hybridized carbons (Fsp3) is 0.400. The fourth-order valence-corrected chi connectivity index (χ4v) is 5.34. The van der Waals surface area contributed by atoms with Gasteiger partial charge in [-0.25, -0.2) is 4.58 Å². The lowest BCUT2D eigenvalue weighted by molar-refractivity contribution is -0.621. The molecule has 0 radical (unpaired) electrons. The molecule has 1 atom stereocenters. The molecular formula is C25H28Cl4N2. The van der Waals surface area contributed by atoms with Crippen molar-refractivity contribution in [2.75, 3.05) is 13.1 Å². The summed E-state index contributed by atoms with van der Waals surface area (Å²) in [6.07, 6.45) is 7.89. The van der Waals surface area contributed by atoms with Crippen molar-refractivity contribution >= 4 is 41.0 Å². The predicted molar refractivity (Wildman–Crippen MR) is 128 cm³/mol. The van der Waals surface area contributed by atoms with Gasteiger partial charge >= 0.3 is 0 Å². The number of nitrogens with zero attached hydrogens (tertiary/aromatic N) is 2. The van der Waals surface area contributed by atoms with Gasteiger partial charge in [0.1, 0.15) is 0 Å². The molecule has 0 saturated carbocycles. The molecule has 6 heteroatoms. The summed E-state index contributed by atoms with van der Waals surface area (Å²) >= 11 is 19.2. The molecule has 2 nitrogen and oxygen atoms in total. The second kappa shape index (κ2) is 10.2. The van der Waals surface area contributed by atoms with E-state index in [0.29, 0.717) is 0 Å². The smallest absolute Gasteiger partial charge is 0.168 e. The third kappa shape index (κ3) is 5.25. The minimum atomic E-state index is -0.102. The largest absolute Gasteiger partial charge is 1.00 e. The van der Waals surface area contributed by atoms with Crippen LogP contribution >= 0.6 is 34.8 Å². The first-order valence-electron chi connectivity index (χ1n) is 10.6. The molecular weight excluding hydrogens is 470 g/mol. The normalized spacial score (nSPS) is 20.2. The van der Waals surface area contributed by atoms with Crippen LogP contribution in [-0.2, 0) is 13.0 Å². The lowest BCUT2D eigenvalue weighted by Gasteiger charge is -2.39. The maximum absolute atomic E-state index is 6.58. The van der Waals surface area contributed by atoms with Gasteiger partial charge in [0.2, 0.25) is 0 Å². The Morgan fingerprint density at radius 1 is 0.968 bits per heavy atom. The van der Waals surface area contributed by atoms with Crippen LogP contribution in [-0.4, -0.2) is 34.3 Å². The zero-order valence-corrected chi connectivity index (χ0v) is 20.9. The molecule has 2 aliphatic heterocycles.